The number of carbonyl (C=O) groups excluding carboxylic acids is 2. The van der Waals surface area contributed by atoms with Gasteiger partial charge in [0.15, 0.2) is 0 Å². The van der Waals surface area contributed by atoms with Crippen molar-refractivity contribution in [3.8, 4) is 0 Å². The van der Waals surface area contributed by atoms with Gasteiger partial charge in [0.1, 0.15) is 0 Å². The van der Waals surface area contributed by atoms with Crippen LogP contribution in [-0.4, -0.2) is 16.6 Å². The summed E-state index contributed by atoms with van der Waals surface area (Å²) in [6.45, 7) is 0. The maximum absolute atomic E-state index is 12.7. The smallest absolute Gasteiger partial charge is 0.283 e. The normalized spacial score (nSPS) is 13.0. The molecular formula is C21H13BrN2O4. The Morgan fingerprint density at radius 3 is 2.32 bits per heavy atom. The third-order valence-electron chi connectivity index (χ3n) is 4.64. The minimum Gasteiger partial charge on any atom is -0.283 e. The van der Waals surface area contributed by atoms with Crippen LogP contribution in [-0.2, 0) is 11.2 Å². The number of rotatable bonds is 4. The number of carbonyl (C=O) groups is 2. The van der Waals surface area contributed by atoms with E-state index in [2.05, 4.69) is 15.9 Å². The zero-order valence-corrected chi connectivity index (χ0v) is 16.0. The number of hydrogen-bond donors (Lipinski definition) is 0. The summed E-state index contributed by atoms with van der Waals surface area (Å²) < 4.78 is 0.711. The molecule has 0 spiro atoms. The van der Waals surface area contributed by atoms with E-state index in [0.29, 0.717) is 32.5 Å². The molecule has 0 aliphatic carbocycles. The van der Waals surface area contributed by atoms with E-state index in [4.69, 9.17) is 0 Å². The van der Waals surface area contributed by atoms with Crippen molar-refractivity contribution in [1.82, 2.24) is 0 Å². The summed E-state index contributed by atoms with van der Waals surface area (Å²) in [5, 5.41) is 11.3. The first kappa shape index (κ1) is 18.1. The Morgan fingerprint density at radius 2 is 1.57 bits per heavy atom. The Morgan fingerprint density at radius 1 is 0.893 bits per heavy atom. The molecule has 6 nitrogen and oxygen atoms in total. The highest BCUT2D eigenvalue weighted by atomic mass is 79.9. The predicted molar refractivity (Wildman–Crippen MR) is 108 cm³/mol. The first-order valence-electron chi connectivity index (χ1n) is 8.46. The summed E-state index contributed by atoms with van der Waals surface area (Å²) in [5.41, 5.74) is 2.65. The molecule has 0 radical (unpaired) electrons. The molecule has 138 valence electrons. The highest BCUT2D eigenvalue weighted by Crippen LogP contribution is 2.39. The fourth-order valence-corrected chi connectivity index (χ4v) is 3.73. The molecule has 1 aliphatic heterocycles. The van der Waals surface area contributed by atoms with Crippen LogP contribution in [0.1, 0.15) is 21.5 Å². The van der Waals surface area contributed by atoms with Crippen LogP contribution in [0.15, 0.2) is 71.2 Å². The molecule has 4 rings (SSSR count). The zero-order valence-electron chi connectivity index (χ0n) is 14.5. The van der Waals surface area contributed by atoms with Crippen LogP contribution in [0.3, 0.4) is 0 Å². The molecular weight excluding hydrogens is 424 g/mol. The van der Waals surface area contributed by atoms with Crippen molar-refractivity contribution in [3.63, 3.8) is 0 Å². The van der Waals surface area contributed by atoms with Gasteiger partial charge in [0.25, 0.3) is 11.5 Å². The lowest BCUT2D eigenvalue weighted by atomic mass is 10.0. The summed E-state index contributed by atoms with van der Waals surface area (Å²) >= 11 is 3.32. The van der Waals surface area contributed by atoms with Crippen molar-refractivity contribution in [2.45, 2.75) is 6.42 Å². The van der Waals surface area contributed by atoms with Crippen LogP contribution in [0, 0.1) is 10.1 Å². The molecule has 3 aromatic rings. The highest BCUT2D eigenvalue weighted by molar-refractivity contribution is 9.10. The number of Topliss-reactive ketones (excluding diaryl/α,β-unsaturated/α-hetero) is 1. The number of nitrogens with zero attached hydrogens (tertiary/aromatic N) is 2. The summed E-state index contributed by atoms with van der Waals surface area (Å²) in [6.07, 6.45) is 0.261. The molecule has 0 saturated carbocycles. The molecule has 0 N–H and O–H groups in total. The van der Waals surface area contributed by atoms with E-state index in [-0.39, 0.29) is 12.1 Å². The van der Waals surface area contributed by atoms with Crippen molar-refractivity contribution in [3.05, 3.63) is 98.0 Å². The van der Waals surface area contributed by atoms with E-state index in [9.17, 15) is 19.7 Å². The van der Waals surface area contributed by atoms with Gasteiger partial charge >= 0.3 is 5.91 Å². The lowest BCUT2D eigenvalue weighted by molar-refractivity contribution is -0.385. The molecule has 28 heavy (non-hydrogen) atoms. The number of hydrogen-bond acceptors (Lipinski definition) is 4. The number of fused-ring (bicyclic) bond motifs is 1. The molecule has 0 fully saturated rings. The minimum atomic E-state index is -0.636. The molecule has 0 unspecified atom stereocenters. The van der Waals surface area contributed by atoms with Gasteiger partial charge in [-0.1, -0.05) is 52.3 Å². The maximum atomic E-state index is 12.7. The highest BCUT2D eigenvalue weighted by Gasteiger charge is 2.37. The Kier molecular flexibility index (Phi) is 4.52. The fraction of sp³-hybridized carbons (Fsp3) is 0.0476. The van der Waals surface area contributed by atoms with E-state index in [0.717, 1.165) is 0 Å². The molecule has 0 bridgehead atoms. The van der Waals surface area contributed by atoms with Crippen molar-refractivity contribution >= 4 is 44.7 Å². The number of anilines is 2. The Labute approximate surface area is 168 Å². The third kappa shape index (κ3) is 2.99. The van der Waals surface area contributed by atoms with E-state index in [1.54, 1.807) is 60.7 Å². The van der Waals surface area contributed by atoms with Crippen molar-refractivity contribution in [2.24, 2.45) is 0 Å². The van der Waals surface area contributed by atoms with Crippen LogP contribution in [0.4, 0.5) is 17.1 Å². The molecule has 1 amide bonds. The minimum absolute atomic E-state index is 0.0189. The second-order valence-electron chi connectivity index (χ2n) is 6.32. The van der Waals surface area contributed by atoms with E-state index in [1.807, 2.05) is 0 Å². The van der Waals surface area contributed by atoms with Gasteiger partial charge in [-0.15, -0.1) is 0 Å². The van der Waals surface area contributed by atoms with Crippen molar-refractivity contribution < 1.29 is 14.5 Å². The number of nitro groups is 1. The van der Waals surface area contributed by atoms with E-state index < -0.39 is 16.6 Å². The van der Waals surface area contributed by atoms with E-state index in [1.165, 1.54) is 11.0 Å². The van der Waals surface area contributed by atoms with Gasteiger partial charge in [-0.2, -0.15) is 0 Å². The average Bonchev–Trinajstić information content (AvgIpc) is 2.93. The Balaban J connectivity index is 1.81. The van der Waals surface area contributed by atoms with Crippen molar-refractivity contribution in [1.29, 1.82) is 0 Å². The second kappa shape index (κ2) is 7.01. The van der Waals surface area contributed by atoms with Gasteiger partial charge in [0.05, 0.1) is 21.9 Å². The summed E-state index contributed by atoms with van der Waals surface area (Å²) in [5.74, 6) is -1.21. The third-order valence-corrected chi connectivity index (χ3v) is 5.14. The number of halogens is 1. The summed E-state index contributed by atoms with van der Waals surface area (Å²) in [6, 6.07) is 18.7. The number of amides is 1. The monoisotopic (exact) mass is 436 g/mol. The number of para-hydroxylation sites is 2. The van der Waals surface area contributed by atoms with Gasteiger partial charge in [-0.25, -0.2) is 0 Å². The molecule has 1 aliphatic rings. The summed E-state index contributed by atoms with van der Waals surface area (Å²) in [7, 11) is 0. The van der Waals surface area contributed by atoms with Crippen LogP contribution in [0.2, 0.25) is 0 Å². The molecule has 1 heterocycles. The van der Waals surface area contributed by atoms with Crippen LogP contribution in [0.25, 0.3) is 0 Å². The largest absolute Gasteiger partial charge is 0.304 e. The van der Waals surface area contributed by atoms with Gasteiger partial charge in [0.2, 0.25) is 0 Å². The Hall–Kier alpha value is -3.32. The van der Waals surface area contributed by atoms with Crippen molar-refractivity contribution in [2.75, 3.05) is 4.90 Å². The predicted octanol–water partition coefficient (Wildman–Crippen LogP) is 4.81. The second-order valence-corrected chi connectivity index (χ2v) is 7.24. The lowest BCUT2D eigenvalue weighted by Gasteiger charge is -2.20. The Bertz CT molecular complexity index is 1140. The molecule has 7 heteroatoms. The molecule has 3 aromatic carbocycles. The standard InChI is InChI=1S/C21H13BrN2O4/c22-15-9-10-19-16(12-15)20(25)21(26)23(19)17-7-3-1-5-13(17)11-14-6-2-4-8-18(14)24(27)28/h1-10,12H,11H2. The lowest BCUT2D eigenvalue weighted by Crippen LogP contribution is -2.25. The fourth-order valence-electron chi connectivity index (χ4n) is 3.37. The number of nitro benzene ring substituents is 1. The average molecular weight is 437 g/mol. The zero-order chi connectivity index (χ0) is 19.8. The van der Waals surface area contributed by atoms with Crippen LogP contribution >= 0.6 is 15.9 Å². The number of ketones is 1. The molecule has 0 atom stereocenters. The number of benzene rings is 3. The van der Waals surface area contributed by atoms with Gasteiger partial charge < -0.3 is 0 Å². The van der Waals surface area contributed by atoms with Crippen LogP contribution < -0.4 is 4.90 Å². The molecule has 0 saturated heterocycles. The first-order valence-corrected chi connectivity index (χ1v) is 9.25. The first-order chi connectivity index (χ1) is 13.5. The van der Waals surface area contributed by atoms with Gasteiger partial charge in [-0.05, 0) is 29.8 Å². The van der Waals surface area contributed by atoms with Gasteiger partial charge in [-0.3, -0.25) is 24.6 Å². The quantitative estimate of drug-likeness (QED) is 0.333. The van der Waals surface area contributed by atoms with Gasteiger partial charge in [0, 0.05) is 22.5 Å². The maximum Gasteiger partial charge on any atom is 0.304 e. The van der Waals surface area contributed by atoms with Crippen LogP contribution in [0.5, 0.6) is 0 Å². The topological polar surface area (TPSA) is 80.5 Å². The summed E-state index contributed by atoms with van der Waals surface area (Å²) in [4.78, 5) is 37.4. The van der Waals surface area contributed by atoms with E-state index >= 15 is 0 Å². The molecule has 0 aromatic heterocycles. The SMILES string of the molecule is O=C1C(=O)N(c2ccccc2Cc2ccccc2[N+](=O)[O-])c2ccc(Br)cc21.